The van der Waals surface area contributed by atoms with Crippen LogP contribution in [0.3, 0.4) is 0 Å². The van der Waals surface area contributed by atoms with Gasteiger partial charge < -0.3 is 9.47 Å². The molecule has 0 bridgehead atoms. The van der Waals surface area contributed by atoms with Crippen LogP contribution in [0.2, 0.25) is 0 Å². The highest BCUT2D eigenvalue weighted by Crippen LogP contribution is 2.44. The number of hydrogen-bond donors (Lipinski definition) is 0. The van der Waals surface area contributed by atoms with Crippen LogP contribution in [0.25, 0.3) is 0 Å². The molecule has 0 spiro atoms. The van der Waals surface area contributed by atoms with Gasteiger partial charge in [-0.1, -0.05) is 24.8 Å². The van der Waals surface area contributed by atoms with E-state index in [0.717, 1.165) is 0 Å². The summed E-state index contributed by atoms with van der Waals surface area (Å²) in [6.07, 6.45) is 5.53. The molecular formula is C15H20O4. The van der Waals surface area contributed by atoms with Crippen LogP contribution in [0.4, 0.5) is 0 Å². The summed E-state index contributed by atoms with van der Waals surface area (Å²) in [5.41, 5.74) is 0. The summed E-state index contributed by atoms with van der Waals surface area (Å²) in [6.45, 7) is 11.1. The van der Waals surface area contributed by atoms with Crippen LogP contribution in [0, 0.1) is 23.7 Å². The molecule has 1 aliphatic carbocycles. The molecule has 104 valence electrons. The maximum Gasteiger partial charge on any atom is 0.310 e. The number of rotatable bonds is 6. The Balaban J connectivity index is 3.00. The normalized spacial score (nSPS) is 29.3. The van der Waals surface area contributed by atoms with Gasteiger partial charge in [0, 0.05) is 0 Å². The molecule has 1 saturated carbocycles. The van der Waals surface area contributed by atoms with Crippen molar-refractivity contribution in [3.05, 3.63) is 38.0 Å². The minimum atomic E-state index is -0.562. The smallest absolute Gasteiger partial charge is 0.310 e. The van der Waals surface area contributed by atoms with Crippen LogP contribution >= 0.6 is 0 Å². The number of hydrogen-bond acceptors (Lipinski definition) is 4. The Hall–Kier alpha value is -1.84. The first-order valence-corrected chi connectivity index (χ1v) is 6.21. The number of esters is 2. The van der Waals surface area contributed by atoms with Crippen molar-refractivity contribution < 1.29 is 19.1 Å². The fourth-order valence-electron chi connectivity index (χ4n) is 2.64. The summed E-state index contributed by atoms with van der Waals surface area (Å²) in [6, 6.07) is 0. The van der Waals surface area contributed by atoms with E-state index in [1.54, 1.807) is 12.2 Å². The molecule has 1 rings (SSSR count). The fourth-order valence-corrected chi connectivity index (χ4v) is 2.64. The molecule has 19 heavy (non-hydrogen) atoms. The van der Waals surface area contributed by atoms with Crippen molar-refractivity contribution >= 4 is 11.9 Å². The second-order valence-electron chi connectivity index (χ2n) is 4.53. The molecule has 4 atom stereocenters. The lowest BCUT2D eigenvalue weighted by atomic mass is 9.87. The van der Waals surface area contributed by atoms with Crippen LogP contribution < -0.4 is 0 Å². The SMILES string of the molecule is C=CCOC(=O)C1C(C=C)CC(C=C)C1C(=O)OC. The highest BCUT2D eigenvalue weighted by atomic mass is 16.5. The highest BCUT2D eigenvalue weighted by Gasteiger charge is 2.49. The molecular weight excluding hydrogens is 244 g/mol. The number of carbonyl (C=O) groups excluding carboxylic acids is 2. The molecule has 0 radical (unpaired) electrons. The maximum absolute atomic E-state index is 12.1. The van der Waals surface area contributed by atoms with Gasteiger partial charge in [0.05, 0.1) is 18.9 Å². The molecule has 4 nitrogen and oxygen atoms in total. The van der Waals surface area contributed by atoms with Crippen molar-refractivity contribution in [3.8, 4) is 0 Å². The minimum Gasteiger partial charge on any atom is -0.469 e. The van der Waals surface area contributed by atoms with Gasteiger partial charge >= 0.3 is 11.9 Å². The van der Waals surface area contributed by atoms with E-state index in [4.69, 9.17) is 9.47 Å². The summed E-state index contributed by atoms with van der Waals surface area (Å²) in [7, 11) is 1.32. The Morgan fingerprint density at radius 2 is 1.63 bits per heavy atom. The second-order valence-corrected chi connectivity index (χ2v) is 4.53. The van der Waals surface area contributed by atoms with Gasteiger partial charge in [-0.15, -0.1) is 13.2 Å². The summed E-state index contributed by atoms with van der Waals surface area (Å²) in [5, 5.41) is 0. The van der Waals surface area contributed by atoms with Crippen LogP contribution in [-0.2, 0) is 19.1 Å². The molecule has 0 saturated heterocycles. The van der Waals surface area contributed by atoms with Gasteiger partial charge in [-0.05, 0) is 18.3 Å². The fraction of sp³-hybridized carbons (Fsp3) is 0.467. The van der Waals surface area contributed by atoms with Crippen molar-refractivity contribution in [1.29, 1.82) is 0 Å². The summed E-state index contributed by atoms with van der Waals surface area (Å²) >= 11 is 0. The summed E-state index contributed by atoms with van der Waals surface area (Å²) in [5.74, 6) is -2.14. The third-order valence-electron chi connectivity index (χ3n) is 3.55. The lowest BCUT2D eigenvalue weighted by Crippen LogP contribution is -2.33. The Bertz CT molecular complexity index is 386. The zero-order valence-electron chi connectivity index (χ0n) is 11.2. The van der Waals surface area contributed by atoms with Crippen molar-refractivity contribution in [3.63, 3.8) is 0 Å². The van der Waals surface area contributed by atoms with Gasteiger partial charge in [-0.25, -0.2) is 0 Å². The lowest BCUT2D eigenvalue weighted by Gasteiger charge is -2.21. The number of carbonyl (C=O) groups is 2. The quantitative estimate of drug-likeness (QED) is 0.545. The monoisotopic (exact) mass is 264 g/mol. The molecule has 0 aliphatic heterocycles. The number of methoxy groups -OCH3 is 1. The minimum absolute atomic E-state index is 0.100. The van der Waals surface area contributed by atoms with Crippen molar-refractivity contribution in [1.82, 2.24) is 0 Å². The molecule has 0 amide bonds. The third kappa shape index (κ3) is 3.13. The molecule has 0 aromatic carbocycles. The van der Waals surface area contributed by atoms with E-state index >= 15 is 0 Å². The lowest BCUT2D eigenvalue weighted by molar-refractivity contribution is -0.158. The van der Waals surface area contributed by atoms with Crippen molar-refractivity contribution in [2.75, 3.05) is 13.7 Å². The average molecular weight is 264 g/mol. The average Bonchev–Trinajstić information content (AvgIpc) is 2.82. The van der Waals surface area contributed by atoms with Crippen LogP contribution in [0.1, 0.15) is 6.42 Å². The second kappa shape index (κ2) is 6.92. The van der Waals surface area contributed by atoms with E-state index in [0.29, 0.717) is 6.42 Å². The van der Waals surface area contributed by atoms with Gasteiger partial charge in [0.25, 0.3) is 0 Å². The number of allylic oxidation sites excluding steroid dienone is 2. The predicted molar refractivity (Wildman–Crippen MR) is 72.1 cm³/mol. The maximum atomic E-state index is 12.1. The molecule has 0 aromatic heterocycles. The van der Waals surface area contributed by atoms with Crippen LogP contribution in [0.5, 0.6) is 0 Å². The van der Waals surface area contributed by atoms with Crippen LogP contribution in [-0.4, -0.2) is 25.7 Å². The highest BCUT2D eigenvalue weighted by molar-refractivity contribution is 5.83. The Labute approximate surface area is 113 Å². The first-order chi connectivity index (χ1) is 9.10. The van der Waals surface area contributed by atoms with E-state index in [1.807, 2.05) is 0 Å². The topological polar surface area (TPSA) is 52.6 Å². The molecule has 0 aromatic rings. The standard InChI is InChI=1S/C15H20O4/c1-5-8-19-15(17)13-11(7-3)9-10(6-2)12(13)14(16)18-4/h5-7,10-13H,1-3,8-9H2,4H3. The van der Waals surface area contributed by atoms with Crippen LogP contribution in [0.15, 0.2) is 38.0 Å². The molecule has 0 N–H and O–H groups in total. The Kier molecular flexibility index (Phi) is 5.55. The van der Waals surface area contributed by atoms with E-state index < -0.39 is 23.8 Å². The first-order valence-electron chi connectivity index (χ1n) is 6.21. The molecule has 4 unspecified atom stereocenters. The first kappa shape index (κ1) is 15.2. The molecule has 1 aliphatic rings. The summed E-state index contributed by atoms with van der Waals surface area (Å²) < 4.78 is 9.87. The Morgan fingerprint density at radius 1 is 1.11 bits per heavy atom. The van der Waals surface area contributed by atoms with E-state index in [-0.39, 0.29) is 18.4 Å². The van der Waals surface area contributed by atoms with Gasteiger partial charge in [0.15, 0.2) is 0 Å². The van der Waals surface area contributed by atoms with Gasteiger partial charge in [0.1, 0.15) is 6.61 Å². The zero-order valence-corrected chi connectivity index (χ0v) is 11.2. The van der Waals surface area contributed by atoms with Crippen molar-refractivity contribution in [2.45, 2.75) is 6.42 Å². The largest absolute Gasteiger partial charge is 0.469 e. The van der Waals surface area contributed by atoms with E-state index in [9.17, 15) is 9.59 Å². The molecule has 1 fully saturated rings. The van der Waals surface area contributed by atoms with Gasteiger partial charge in [-0.2, -0.15) is 0 Å². The summed E-state index contributed by atoms with van der Waals surface area (Å²) in [4.78, 5) is 24.0. The van der Waals surface area contributed by atoms with Gasteiger partial charge in [-0.3, -0.25) is 9.59 Å². The molecule has 0 heterocycles. The van der Waals surface area contributed by atoms with E-state index in [1.165, 1.54) is 13.2 Å². The number of ether oxygens (including phenoxy) is 2. The Morgan fingerprint density at radius 3 is 2.05 bits per heavy atom. The third-order valence-corrected chi connectivity index (χ3v) is 3.55. The molecule has 4 heteroatoms. The zero-order chi connectivity index (χ0) is 14.4. The van der Waals surface area contributed by atoms with Gasteiger partial charge in [0.2, 0.25) is 0 Å². The van der Waals surface area contributed by atoms with E-state index in [2.05, 4.69) is 19.7 Å². The van der Waals surface area contributed by atoms with Crippen molar-refractivity contribution in [2.24, 2.45) is 23.7 Å². The predicted octanol–water partition coefficient (Wildman–Crippen LogP) is 2.13.